The first kappa shape index (κ1) is 14.8. The third-order valence-corrected chi connectivity index (χ3v) is 4.96. The summed E-state index contributed by atoms with van der Waals surface area (Å²) in [6.07, 6.45) is 0.803. The van der Waals surface area contributed by atoms with Gasteiger partial charge in [0, 0.05) is 25.6 Å². The van der Waals surface area contributed by atoms with Crippen LogP contribution in [0.1, 0.15) is 32.9 Å². The summed E-state index contributed by atoms with van der Waals surface area (Å²) in [5.74, 6) is 0.462. The highest BCUT2D eigenvalue weighted by Crippen LogP contribution is 2.53. The fraction of sp³-hybridized carbons (Fsp3) is 0.769. The maximum absolute atomic E-state index is 11.2. The van der Waals surface area contributed by atoms with E-state index in [0.29, 0.717) is 11.5 Å². The predicted molar refractivity (Wildman–Crippen MR) is 75.8 cm³/mol. The number of nitrogens with zero attached hydrogens (tertiary/aromatic N) is 3. The number of rotatable bonds is 4. The third kappa shape index (κ3) is 1.88. The first-order valence-electron chi connectivity index (χ1n) is 6.63. The number of methoxy groups -OCH3 is 1. The van der Waals surface area contributed by atoms with E-state index in [1.54, 1.807) is 21.1 Å². The smallest absolute Gasteiger partial charge is 0.333 e. The monoisotopic (exact) mass is 282 g/mol. The van der Waals surface area contributed by atoms with E-state index in [9.17, 15) is 10.1 Å². The maximum atomic E-state index is 11.2. The van der Waals surface area contributed by atoms with E-state index in [1.807, 2.05) is 0 Å². The topological polar surface area (TPSA) is 82.2 Å². The number of hydrogen-bond donors (Lipinski definition) is 1. The molecule has 0 bridgehead atoms. The molecule has 7 heteroatoms. The van der Waals surface area contributed by atoms with Crippen molar-refractivity contribution in [1.29, 1.82) is 0 Å². The average Bonchev–Trinajstić information content (AvgIpc) is 2.63. The van der Waals surface area contributed by atoms with Crippen LogP contribution in [0.25, 0.3) is 0 Å². The number of nitrogens with one attached hydrogen (secondary N) is 1. The summed E-state index contributed by atoms with van der Waals surface area (Å²) in [4.78, 5) is 10.8. The van der Waals surface area contributed by atoms with E-state index in [0.717, 1.165) is 6.42 Å². The molecule has 1 fully saturated rings. The van der Waals surface area contributed by atoms with Gasteiger partial charge in [-0.3, -0.25) is 10.1 Å². The van der Waals surface area contributed by atoms with Gasteiger partial charge in [0.2, 0.25) is 5.82 Å². The molecule has 20 heavy (non-hydrogen) atoms. The van der Waals surface area contributed by atoms with Crippen LogP contribution in [0, 0.1) is 22.5 Å². The van der Waals surface area contributed by atoms with Crippen LogP contribution in [-0.4, -0.2) is 33.5 Å². The summed E-state index contributed by atoms with van der Waals surface area (Å²) in [6.45, 7) is 7.92. The van der Waals surface area contributed by atoms with E-state index >= 15 is 0 Å². The van der Waals surface area contributed by atoms with Crippen molar-refractivity contribution in [1.82, 2.24) is 9.78 Å². The SMILES string of the molecule is CO[C@]1(C)C[C@H](Nc2c([N+](=O)[O-])c(C)nn2C)C1(C)C. The fourth-order valence-corrected chi connectivity index (χ4v) is 2.92. The Morgan fingerprint density at radius 3 is 2.55 bits per heavy atom. The lowest BCUT2D eigenvalue weighted by Crippen LogP contribution is -2.65. The van der Waals surface area contributed by atoms with Crippen molar-refractivity contribution >= 4 is 11.5 Å². The molecule has 0 aliphatic heterocycles. The normalized spacial score (nSPS) is 28.0. The van der Waals surface area contributed by atoms with Crippen molar-refractivity contribution in [2.24, 2.45) is 12.5 Å². The Bertz CT molecular complexity index is 552. The number of hydrogen-bond acceptors (Lipinski definition) is 5. The molecule has 0 amide bonds. The zero-order chi connectivity index (χ0) is 15.3. The van der Waals surface area contributed by atoms with E-state index in [-0.39, 0.29) is 27.7 Å². The van der Waals surface area contributed by atoms with Crippen LogP contribution in [0.15, 0.2) is 0 Å². The van der Waals surface area contributed by atoms with Crippen LogP contribution in [0.5, 0.6) is 0 Å². The van der Waals surface area contributed by atoms with Gasteiger partial charge < -0.3 is 10.1 Å². The maximum Gasteiger partial charge on any atom is 0.333 e. The van der Waals surface area contributed by atoms with Crippen molar-refractivity contribution in [3.63, 3.8) is 0 Å². The molecule has 7 nitrogen and oxygen atoms in total. The number of aryl methyl sites for hydroxylation is 2. The Labute approximate surface area is 118 Å². The van der Waals surface area contributed by atoms with E-state index < -0.39 is 0 Å². The molecule has 1 heterocycles. The fourth-order valence-electron chi connectivity index (χ4n) is 2.92. The van der Waals surface area contributed by atoms with Gasteiger partial charge in [0.1, 0.15) is 5.69 Å². The minimum absolute atomic E-state index is 0.0503. The first-order chi connectivity index (χ1) is 9.14. The van der Waals surface area contributed by atoms with Crippen molar-refractivity contribution in [3.8, 4) is 0 Å². The molecule has 1 aliphatic rings. The minimum atomic E-state index is -0.383. The molecule has 0 saturated heterocycles. The van der Waals surface area contributed by atoms with Gasteiger partial charge in [0.05, 0.1) is 10.5 Å². The second-order valence-electron chi connectivity index (χ2n) is 6.22. The molecule has 1 saturated carbocycles. The Balaban J connectivity index is 2.27. The Kier molecular flexibility index (Phi) is 3.28. The predicted octanol–water partition coefficient (Wildman–Crippen LogP) is 2.25. The number of anilines is 1. The molecule has 1 aromatic rings. The molecular weight excluding hydrogens is 260 g/mol. The van der Waals surface area contributed by atoms with Crippen LogP contribution >= 0.6 is 0 Å². The van der Waals surface area contributed by atoms with Gasteiger partial charge in [-0.2, -0.15) is 5.10 Å². The molecule has 0 unspecified atom stereocenters. The molecule has 0 spiro atoms. The lowest BCUT2D eigenvalue weighted by molar-refractivity contribution is -0.384. The van der Waals surface area contributed by atoms with Crippen molar-refractivity contribution in [2.75, 3.05) is 12.4 Å². The number of nitro groups is 1. The second kappa shape index (κ2) is 4.44. The summed E-state index contributed by atoms with van der Waals surface area (Å²) in [6, 6.07) is 0.112. The Morgan fingerprint density at radius 1 is 1.50 bits per heavy atom. The van der Waals surface area contributed by atoms with Crippen LogP contribution < -0.4 is 5.32 Å². The van der Waals surface area contributed by atoms with Crippen molar-refractivity contribution in [2.45, 2.75) is 45.8 Å². The van der Waals surface area contributed by atoms with Crippen molar-refractivity contribution < 1.29 is 9.66 Å². The summed E-state index contributed by atoms with van der Waals surface area (Å²) in [5.41, 5.74) is 0.141. The molecule has 1 aromatic heterocycles. The highest BCUT2D eigenvalue weighted by molar-refractivity contribution is 5.60. The zero-order valence-electron chi connectivity index (χ0n) is 12.9. The molecule has 2 rings (SSSR count). The van der Waals surface area contributed by atoms with Gasteiger partial charge in [-0.15, -0.1) is 0 Å². The summed E-state index contributed by atoms with van der Waals surface area (Å²) >= 11 is 0. The average molecular weight is 282 g/mol. The third-order valence-electron chi connectivity index (χ3n) is 4.96. The highest BCUT2D eigenvalue weighted by Gasteiger charge is 2.58. The van der Waals surface area contributed by atoms with Crippen LogP contribution in [0.2, 0.25) is 0 Å². The molecule has 0 aromatic carbocycles. The van der Waals surface area contributed by atoms with E-state index in [1.165, 1.54) is 4.68 Å². The van der Waals surface area contributed by atoms with Crippen LogP contribution in [-0.2, 0) is 11.8 Å². The van der Waals surface area contributed by atoms with Gasteiger partial charge >= 0.3 is 5.69 Å². The largest absolute Gasteiger partial charge is 0.378 e. The standard InChI is InChI=1S/C13H22N4O3/c1-8-10(17(18)19)11(16(5)15-8)14-9-7-13(4,20-6)12(9,2)3/h9,14H,7H2,1-6H3/t9-,13+/m0/s1. The number of ether oxygens (including phenoxy) is 1. The number of aromatic nitrogens is 2. The zero-order valence-corrected chi connectivity index (χ0v) is 12.9. The Hall–Kier alpha value is -1.63. The second-order valence-corrected chi connectivity index (χ2v) is 6.22. The quantitative estimate of drug-likeness (QED) is 0.676. The molecule has 1 aliphatic carbocycles. The molecule has 1 N–H and O–H groups in total. The van der Waals surface area contributed by atoms with Crippen molar-refractivity contribution in [3.05, 3.63) is 15.8 Å². The first-order valence-corrected chi connectivity index (χ1v) is 6.63. The van der Waals surface area contributed by atoms with Gasteiger partial charge in [-0.1, -0.05) is 13.8 Å². The van der Waals surface area contributed by atoms with Gasteiger partial charge in [-0.25, -0.2) is 4.68 Å². The van der Waals surface area contributed by atoms with Gasteiger partial charge in [0.15, 0.2) is 0 Å². The molecule has 0 radical (unpaired) electrons. The van der Waals surface area contributed by atoms with Crippen LogP contribution in [0.3, 0.4) is 0 Å². The lowest BCUT2D eigenvalue weighted by atomic mass is 9.56. The summed E-state index contributed by atoms with van der Waals surface area (Å²) in [5, 5.41) is 18.6. The summed E-state index contributed by atoms with van der Waals surface area (Å²) < 4.78 is 7.11. The molecule has 112 valence electrons. The van der Waals surface area contributed by atoms with Crippen LogP contribution in [0.4, 0.5) is 11.5 Å². The Morgan fingerprint density at radius 2 is 2.10 bits per heavy atom. The van der Waals surface area contributed by atoms with Gasteiger partial charge in [-0.05, 0) is 20.3 Å². The summed E-state index contributed by atoms with van der Waals surface area (Å²) in [7, 11) is 3.41. The van der Waals surface area contributed by atoms with E-state index in [4.69, 9.17) is 4.74 Å². The lowest BCUT2D eigenvalue weighted by Gasteiger charge is -2.59. The minimum Gasteiger partial charge on any atom is -0.378 e. The molecular formula is C13H22N4O3. The molecule has 2 atom stereocenters. The highest BCUT2D eigenvalue weighted by atomic mass is 16.6. The van der Waals surface area contributed by atoms with E-state index in [2.05, 4.69) is 31.2 Å². The van der Waals surface area contributed by atoms with Gasteiger partial charge in [0.25, 0.3) is 0 Å².